The highest BCUT2D eigenvalue weighted by molar-refractivity contribution is 5.92. The summed E-state index contributed by atoms with van der Waals surface area (Å²) >= 11 is 0. The standard InChI is InChI=1S/C14H16F3N3O/c1-10(2)20(9-14(15,16)17)8-13(21)19-12-5-3-11(7-18)4-6-12/h3-6,10H,8-9H2,1-2H3,(H,19,21). The van der Waals surface area contributed by atoms with Crippen LogP contribution >= 0.6 is 0 Å². The van der Waals surface area contributed by atoms with Crippen LogP contribution in [-0.2, 0) is 4.79 Å². The van der Waals surface area contributed by atoms with Crippen molar-refractivity contribution in [1.29, 1.82) is 5.26 Å². The van der Waals surface area contributed by atoms with E-state index in [4.69, 9.17) is 5.26 Å². The van der Waals surface area contributed by atoms with E-state index >= 15 is 0 Å². The maximum Gasteiger partial charge on any atom is 0.401 e. The molecule has 0 radical (unpaired) electrons. The van der Waals surface area contributed by atoms with Crippen molar-refractivity contribution in [3.8, 4) is 6.07 Å². The van der Waals surface area contributed by atoms with E-state index in [0.29, 0.717) is 11.3 Å². The first-order valence-electron chi connectivity index (χ1n) is 6.32. The third-order valence-corrected chi connectivity index (χ3v) is 2.76. The molecule has 0 heterocycles. The minimum Gasteiger partial charge on any atom is -0.325 e. The number of carbonyl (C=O) groups is 1. The van der Waals surface area contributed by atoms with Gasteiger partial charge in [0.05, 0.1) is 24.7 Å². The van der Waals surface area contributed by atoms with Crippen molar-refractivity contribution in [2.45, 2.75) is 26.1 Å². The second kappa shape index (κ2) is 7.09. The number of halogens is 3. The van der Waals surface area contributed by atoms with E-state index in [2.05, 4.69) is 5.32 Å². The topological polar surface area (TPSA) is 56.1 Å². The number of hydrogen-bond acceptors (Lipinski definition) is 3. The lowest BCUT2D eigenvalue weighted by atomic mass is 10.2. The molecule has 0 fully saturated rings. The van der Waals surface area contributed by atoms with Gasteiger partial charge in [0.15, 0.2) is 0 Å². The van der Waals surface area contributed by atoms with E-state index in [1.54, 1.807) is 13.8 Å². The highest BCUT2D eigenvalue weighted by atomic mass is 19.4. The van der Waals surface area contributed by atoms with Crippen LogP contribution in [0.3, 0.4) is 0 Å². The third-order valence-electron chi connectivity index (χ3n) is 2.76. The summed E-state index contributed by atoms with van der Waals surface area (Å²) in [5, 5.41) is 11.2. The Bertz CT molecular complexity index is 518. The van der Waals surface area contributed by atoms with Crippen LogP contribution in [0, 0.1) is 11.3 Å². The van der Waals surface area contributed by atoms with Gasteiger partial charge < -0.3 is 5.32 Å². The molecule has 7 heteroatoms. The van der Waals surface area contributed by atoms with E-state index in [-0.39, 0.29) is 6.54 Å². The maximum atomic E-state index is 12.4. The zero-order valence-corrected chi connectivity index (χ0v) is 11.7. The van der Waals surface area contributed by atoms with Crippen molar-refractivity contribution in [2.75, 3.05) is 18.4 Å². The summed E-state index contributed by atoms with van der Waals surface area (Å²) in [5.41, 5.74) is 0.878. The van der Waals surface area contributed by atoms with Gasteiger partial charge in [0.2, 0.25) is 5.91 Å². The number of carbonyl (C=O) groups excluding carboxylic acids is 1. The van der Waals surface area contributed by atoms with Crippen LogP contribution in [0.2, 0.25) is 0 Å². The molecule has 1 rings (SSSR count). The molecule has 114 valence electrons. The number of nitriles is 1. The molecule has 1 amide bonds. The molecule has 0 saturated carbocycles. The van der Waals surface area contributed by atoms with Gasteiger partial charge in [-0.3, -0.25) is 9.69 Å². The van der Waals surface area contributed by atoms with Crippen LogP contribution in [0.1, 0.15) is 19.4 Å². The number of alkyl halides is 3. The van der Waals surface area contributed by atoms with Crippen LogP contribution in [0.15, 0.2) is 24.3 Å². The summed E-state index contributed by atoms with van der Waals surface area (Å²) in [6, 6.07) is 7.62. The molecule has 0 aliphatic heterocycles. The zero-order valence-electron chi connectivity index (χ0n) is 11.7. The predicted molar refractivity (Wildman–Crippen MR) is 72.6 cm³/mol. The van der Waals surface area contributed by atoms with E-state index < -0.39 is 24.7 Å². The number of nitrogens with zero attached hydrogens (tertiary/aromatic N) is 2. The SMILES string of the molecule is CC(C)N(CC(=O)Nc1ccc(C#N)cc1)CC(F)(F)F. The average Bonchev–Trinajstić information content (AvgIpc) is 2.37. The lowest BCUT2D eigenvalue weighted by molar-refractivity contribution is -0.151. The molecule has 1 N–H and O–H groups in total. The fourth-order valence-electron chi connectivity index (χ4n) is 1.66. The number of hydrogen-bond donors (Lipinski definition) is 1. The molecule has 0 aromatic heterocycles. The van der Waals surface area contributed by atoms with Crippen LogP contribution in [-0.4, -0.2) is 36.1 Å². The molecule has 1 aromatic carbocycles. The second-order valence-electron chi connectivity index (χ2n) is 4.85. The van der Waals surface area contributed by atoms with Gasteiger partial charge in [0.25, 0.3) is 0 Å². The Morgan fingerprint density at radius 2 is 1.90 bits per heavy atom. The van der Waals surface area contributed by atoms with Crippen LogP contribution in [0.5, 0.6) is 0 Å². The van der Waals surface area contributed by atoms with E-state index in [0.717, 1.165) is 4.90 Å². The number of anilines is 1. The summed E-state index contributed by atoms with van der Waals surface area (Å²) in [4.78, 5) is 12.8. The highest BCUT2D eigenvalue weighted by Gasteiger charge is 2.32. The maximum absolute atomic E-state index is 12.4. The van der Waals surface area contributed by atoms with E-state index in [1.165, 1.54) is 24.3 Å². The first kappa shape index (κ1) is 17.0. The van der Waals surface area contributed by atoms with Crippen molar-refractivity contribution in [3.05, 3.63) is 29.8 Å². The third kappa shape index (κ3) is 6.27. The Morgan fingerprint density at radius 3 is 2.33 bits per heavy atom. The zero-order chi connectivity index (χ0) is 16.0. The lowest BCUT2D eigenvalue weighted by Gasteiger charge is -2.26. The predicted octanol–water partition coefficient (Wildman–Crippen LogP) is 2.77. The van der Waals surface area contributed by atoms with Crippen LogP contribution < -0.4 is 5.32 Å². The molecule has 4 nitrogen and oxygen atoms in total. The van der Waals surface area contributed by atoms with Gasteiger partial charge in [0.1, 0.15) is 0 Å². The quantitative estimate of drug-likeness (QED) is 0.909. The first-order chi connectivity index (χ1) is 9.71. The van der Waals surface area contributed by atoms with Gasteiger partial charge in [-0.1, -0.05) is 0 Å². The molecule has 0 atom stereocenters. The van der Waals surface area contributed by atoms with Crippen molar-refractivity contribution in [3.63, 3.8) is 0 Å². The summed E-state index contributed by atoms with van der Waals surface area (Å²) in [5.74, 6) is -0.530. The van der Waals surface area contributed by atoms with Crippen molar-refractivity contribution in [2.24, 2.45) is 0 Å². The van der Waals surface area contributed by atoms with E-state index in [9.17, 15) is 18.0 Å². The number of amides is 1. The number of nitrogens with one attached hydrogen (secondary N) is 1. The Kier molecular flexibility index (Phi) is 5.73. The van der Waals surface area contributed by atoms with Gasteiger partial charge in [-0.05, 0) is 38.1 Å². The molecule has 21 heavy (non-hydrogen) atoms. The summed E-state index contributed by atoms with van der Waals surface area (Å²) < 4.78 is 37.3. The monoisotopic (exact) mass is 299 g/mol. The minimum absolute atomic E-state index is 0.350. The minimum atomic E-state index is -4.35. The Morgan fingerprint density at radius 1 is 1.33 bits per heavy atom. The number of benzene rings is 1. The fraction of sp³-hybridized carbons (Fsp3) is 0.429. The van der Waals surface area contributed by atoms with E-state index in [1.807, 2.05) is 6.07 Å². The Labute approximate surface area is 121 Å². The summed E-state index contributed by atoms with van der Waals surface area (Å²) in [6.45, 7) is 1.71. The normalized spacial score (nSPS) is 11.5. The van der Waals surface area contributed by atoms with Gasteiger partial charge in [-0.15, -0.1) is 0 Å². The van der Waals surface area contributed by atoms with Crippen LogP contribution in [0.25, 0.3) is 0 Å². The van der Waals surface area contributed by atoms with Gasteiger partial charge in [-0.25, -0.2) is 0 Å². The Hall–Kier alpha value is -2.07. The second-order valence-corrected chi connectivity index (χ2v) is 4.85. The van der Waals surface area contributed by atoms with Gasteiger partial charge in [0, 0.05) is 11.7 Å². The molecule has 0 aliphatic carbocycles. The first-order valence-corrected chi connectivity index (χ1v) is 6.32. The lowest BCUT2D eigenvalue weighted by Crippen LogP contribution is -2.43. The Balaban J connectivity index is 2.63. The molecular weight excluding hydrogens is 283 g/mol. The largest absolute Gasteiger partial charge is 0.401 e. The highest BCUT2D eigenvalue weighted by Crippen LogP contribution is 2.18. The smallest absolute Gasteiger partial charge is 0.325 e. The van der Waals surface area contributed by atoms with Crippen molar-refractivity contribution in [1.82, 2.24) is 4.90 Å². The van der Waals surface area contributed by atoms with Crippen molar-refractivity contribution < 1.29 is 18.0 Å². The molecule has 0 bridgehead atoms. The molecule has 0 unspecified atom stereocenters. The average molecular weight is 299 g/mol. The van der Waals surface area contributed by atoms with Gasteiger partial charge >= 0.3 is 6.18 Å². The molecular formula is C14H16F3N3O. The van der Waals surface area contributed by atoms with Crippen molar-refractivity contribution >= 4 is 11.6 Å². The molecule has 0 spiro atoms. The fourth-order valence-corrected chi connectivity index (χ4v) is 1.66. The molecule has 0 saturated heterocycles. The summed E-state index contributed by atoms with van der Waals surface area (Å²) in [6.07, 6.45) is -4.35. The summed E-state index contributed by atoms with van der Waals surface area (Å²) in [7, 11) is 0. The molecule has 0 aliphatic rings. The molecule has 1 aromatic rings. The van der Waals surface area contributed by atoms with Crippen LogP contribution in [0.4, 0.5) is 18.9 Å². The number of rotatable bonds is 5. The van der Waals surface area contributed by atoms with Gasteiger partial charge in [-0.2, -0.15) is 18.4 Å².